The van der Waals surface area contributed by atoms with Gasteiger partial charge in [-0.05, 0) is 25.8 Å². The predicted molar refractivity (Wildman–Crippen MR) is 106 cm³/mol. The van der Waals surface area contributed by atoms with Crippen molar-refractivity contribution in [2.24, 2.45) is 0 Å². The summed E-state index contributed by atoms with van der Waals surface area (Å²) in [6, 6.07) is 2.03. The van der Waals surface area contributed by atoms with Crippen molar-refractivity contribution in [3.05, 3.63) is 34.0 Å². The summed E-state index contributed by atoms with van der Waals surface area (Å²) in [5, 5.41) is 11.3. The van der Waals surface area contributed by atoms with Crippen molar-refractivity contribution < 1.29 is 31.5 Å². The molecule has 1 fully saturated rings. The molecule has 0 spiro atoms. The zero-order valence-corrected chi connectivity index (χ0v) is 18.2. The Balaban J connectivity index is 0.000000339. The number of sulfonamides is 1. The van der Waals surface area contributed by atoms with Crippen molar-refractivity contribution >= 4 is 27.3 Å². The first-order valence-electron chi connectivity index (χ1n) is 9.39. The second-order valence-electron chi connectivity index (χ2n) is 7.35. The van der Waals surface area contributed by atoms with Crippen LogP contribution in [-0.4, -0.2) is 63.7 Å². The molecule has 172 valence electrons. The number of hydrogen-bond acceptors (Lipinski definition) is 7. The molecule has 1 unspecified atom stereocenters. The molecule has 2 aliphatic rings. The molecule has 1 saturated carbocycles. The van der Waals surface area contributed by atoms with Crippen LogP contribution in [0.2, 0.25) is 0 Å². The van der Waals surface area contributed by atoms with Crippen molar-refractivity contribution in [2.45, 2.75) is 50.3 Å². The van der Waals surface area contributed by atoms with E-state index in [0.717, 1.165) is 43.9 Å². The van der Waals surface area contributed by atoms with Gasteiger partial charge < -0.3 is 5.11 Å². The van der Waals surface area contributed by atoms with E-state index in [-0.39, 0.29) is 11.3 Å². The SMILES string of the molecule is Cc1ncsc1CN1Cc2ccnn2C(CNS(=O)(=O)C2CC2)C1.O=C(O)C(F)(F)F. The largest absolute Gasteiger partial charge is 0.490 e. The lowest BCUT2D eigenvalue weighted by Gasteiger charge is -2.33. The van der Waals surface area contributed by atoms with E-state index in [9.17, 15) is 21.6 Å². The number of fused-ring (bicyclic) bond motifs is 1. The second-order valence-corrected chi connectivity index (χ2v) is 10.3. The molecule has 1 aliphatic heterocycles. The highest BCUT2D eigenvalue weighted by molar-refractivity contribution is 7.90. The maximum atomic E-state index is 12.1. The Morgan fingerprint density at radius 1 is 1.39 bits per heavy atom. The fraction of sp³-hybridized carbons (Fsp3) is 0.588. The number of nitrogens with zero attached hydrogens (tertiary/aromatic N) is 4. The number of aromatic nitrogens is 3. The summed E-state index contributed by atoms with van der Waals surface area (Å²) in [5.41, 5.74) is 4.07. The van der Waals surface area contributed by atoms with Gasteiger partial charge in [-0.3, -0.25) is 9.58 Å². The number of aliphatic carboxylic acids is 1. The van der Waals surface area contributed by atoms with Gasteiger partial charge in [0, 0.05) is 37.3 Å². The minimum atomic E-state index is -5.08. The zero-order chi connectivity index (χ0) is 22.8. The summed E-state index contributed by atoms with van der Waals surface area (Å²) < 4.78 is 60.7. The van der Waals surface area contributed by atoms with Crippen LogP contribution in [0.4, 0.5) is 13.2 Å². The number of thiazole rings is 1. The van der Waals surface area contributed by atoms with Crippen molar-refractivity contribution in [3.8, 4) is 0 Å². The maximum Gasteiger partial charge on any atom is 0.490 e. The first kappa shape index (κ1) is 23.6. The summed E-state index contributed by atoms with van der Waals surface area (Å²) in [6.07, 6.45) is -1.73. The van der Waals surface area contributed by atoms with Gasteiger partial charge in [-0.25, -0.2) is 22.9 Å². The molecule has 14 heteroatoms. The number of carboxylic acid groups (broad SMARTS) is 1. The molecule has 0 saturated heterocycles. The zero-order valence-electron chi connectivity index (χ0n) is 16.5. The maximum absolute atomic E-state index is 12.1. The topological polar surface area (TPSA) is 117 Å². The van der Waals surface area contributed by atoms with Gasteiger partial charge in [-0.1, -0.05) is 0 Å². The van der Waals surface area contributed by atoms with E-state index in [0.29, 0.717) is 6.54 Å². The average molecular weight is 482 g/mol. The van der Waals surface area contributed by atoms with Gasteiger partial charge >= 0.3 is 12.1 Å². The van der Waals surface area contributed by atoms with E-state index in [1.54, 1.807) is 17.5 Å². The first-order chi connectivity index (χ1) is 14.5. The minimum Gasteiger partial charge on any atom is -0.475 e. The van der Waals surface area contributed by atoms with E-state index in [1.165, 1.54) is 4.88 Å². The highest BCUT2D eigenvalue weighted by atomic mass is 32.2. The predicted octanol–water partition coefficient (Wildman–Crippen LogP) is 1.92. The lowest BCUT2D eigenvalue weighted by atomic mass is 10.2. The monoisotopic (exact) mass is 481 g/mol. The number of hydrogen-bond donors (Lipinski definition) is 2. The summed E-state index contributed by atoms with van der Waals surface area (Å²) >= 11 is 1.67. The molecule has 0 radical (unpaired) electrons. The van der Waals surface area contributed by atoms with Gasteiger partial charge in [0.2, 0.25) is 10.0 Å². The van der Waals surface area contributed by atoms with Gasteiger partial charge in [0.15, 0.2) is 0 Å². The molecule has 0 aromatic carbocycles. The lowest BCUT2D eigenvalue weighted by Crippen LogP contribution is -2.43. The van der Waals surface area contributed by atoms with Crippen molar-refractivity contribution in [3.63, 3.8) is 0 Å². The number of carboxylic acids is 1. The smallest absolute Gasteiger partial charge is 0.475 e. The Bertz CT molecular complexity index is 1020. The number of nitrogens with one attached hydrogen (secondary N) is 1. The van der Waals surface area contributed by atoms with Crippen LogP contribution in [0.15, 0.2) is 17.8 Å². The normalized spacial score (nSPS) is 19.4. The molecule has 2 aromatic rings. The van der Waals surface area contributed by atoms with Crippen LogP contribution < -0.4 is 4.72 Å². The Morgan fingerprint density at radius 3 is 2.61 bits per heavy atom. The van der Waals surface area contributed by atoms with Gasteiger partial charge in [-0.15, -0.1) is 11.3 Å². The number of aryl methyl sites for hydroxylation is 1. The first-order valence-corrected chi connectivity index (χ1v) is 11.8. The molecule has 9 nitrogen and oxygen atoms in total. The summed E-state index contributed by atoms with van der Waals surface area (Å²) in [4.78, 5) is 16.8. The third-order valence-electron chi connectivity index (χ3n) is 4.89. The second kappa shape index (κ2) is 9.22. The van der Waals surface area contributed by atoms with Crippen LogP contribution in [0.5, 0.6) is 0 Å². The van der Waals surface area contributed by atoms with Crippen molar-refractivity contribution in [2.75, 3.05) is 13.1 Å². The van der Waals surface area contributed by atoms with E-state index < -0.39 is 22.2 Å². The number of carbonyl (C=O) groups is 1. The number of rotatable bonds is 6. The average Bonchev–Trinajstić information content (AvgIpc) is 3.33. The van der Waals surface area contributed by atoms with Crippen LogP contribution >= 0.6 is 11.3 Å². The van der Waals surface area contributed by atoms with Crippen LogP contribution in [0.3, 0.4) is 0 Å². The van der Waals surface area contributed by atoms with Crippen LogP contribution in [0.1, 0.15) is 35.1 Å². The van der Waals surface area contributed by atoms with E-state index in [4.69, 9.17) is 9.90 Å². The van der Waals surface area contributed by atoms with E-state index in [2.05, 4.69) is 19.7 Å². The standard InChI is InChI=1S/C15H21N5O2S2.C2HF3O2/c1-11-15(23-10-16-11)9-19-7-12-4-5-17-20(12)13(8-19)6-18-24(21,22)14-2-3-14;3-2(4,5)1(6)7/h4-5,10,13-14,18H,2-3,6-9H2,1H3;(H,6,7). The number of halogens is 3. The van der Waals surface area contributed by atoms with Crippen molar-refractivity contribution in [1.29, 1.82) is 0 Å². The highest BCUT2D eigenvalue weighted by Gasteiger charge is 2.38. The van der Waals surface area contributed by atoms with Gasteiger partial charge in [0.05, 0.1) is 28.2 Å². The molecule has 31 heavy (non-hydrogen) atoms. The fourth-order valence-electron chi connectivity index (χ4n) is 3.13. The Morgan fingerprint density at radius 2 is 2.06 bits per heavy atom. The third-order valence-corrected chi connectivity index (χ3v) is 7.73. The molecule has 0 amide bonds. The van der Waals surface area contributed by atoms with Gasteiger partial charge in [-0.2, -0.15) is 18.3 Å². The molecule has 1 atom stereocenters. The molecule has 4 rings (SSSR count). The van der Waals surface area contributed by atoms with Gasteiger partial charge in [0.1, 0.15) is 0 Å². The molecule has 1 aliphatic carbocycles. The van der Waals surface area contributed by atoms with Crippen LogP contribution in [0.25, 0.3) is 0 Å². The molecular weight excluding hydrogens is 459 g/mol. The van der Waals surface area contributed by atoms with E-state index >= 15 is 0 Å². The molecule has 2 aromatic heterocycles. The summed E-state index contributed by atoms with van der Waals surface area (Å²) in [6.45, 7) is 4.86. The summed E-state index contributed by atoms with van der Waals surface area (Å²) in [5.74, 6) is -2.76. The highest BCUT2D eigenvalue weighted by Crippen LogP contribution is 2.28. The molecule has 2 N–H and O–H groups in total. The van der Waals surface area contributed by atoms with Crippen LogP contribution in [-0.2, 0) is 27.9 Å². The lowest BCUT2D eigenvalue weighted by molar-refractivity contribution is -0.192. The quantitative estimate of drug-likeness (QED) is 0.647. The summed E-state index contributed by atoms with van der Waals surface area (Å²) in [7, 11) is -3.16. The number of alkyl halides is 3. The van der Waals surface area contributed by atoms with Gasteiger partial charge in [0.25, 0.3) is 0 Å². The third kappa shape index (κ3) is 6.24. The Labute approximate surface area is 180 Å². The molecular formula is C17H22F3N5O4S2. The van der Waals surface area contributed by atoms with Crippen LogP contribution in [0, 0.1) is 6.92 Å². The Kier molecular flexibility index (Phi) is 7.03. The minimum absolute atomic E-state index is 0.0190. The van der Waals surface area contributed by atoms with E-state index in [1.807, 2.05) is 23.2 Å². The molecule has 3 heterocycles. The fourth-order valence-corrected chi connectivity index (χ4v) is 5.36. The Hall–Kier alpha value is -2.03. The molecule has 0 bridgehead atoms. The van der Waals surface area contributed by atoms with Crippen molar-refractivity contribution in [1.82, 2.24) is 24.4 Å².